The first-order valence-electron chi connectivity index (χ1n) is 7.43. The van der Waals surface area contributed by atoms with Gasteiger partial charge >= 0.3 is 11.9 Å². The number of nitrogens with two attached hydrogens (primary N) is 2. The molecule has 1 aromatic rings. The van der Waals surface area contributed by atoms with Gasteiger partial charge in [-0.15, -0.1) is 0 Å². The molecule has 1 aliphatic rings. The van der Waals surface area contributed by atoms with Gasteiger partial charge in [0.15, 0.2) is 0 Å². The Morgan fingerprint density at radius 3 is 2.14 bits per heavy atom. The van der Waals surface area contributed by atoms with Crippen LogP contribution in [0.2, 0.25) is 0 Å². The quantitative estimate of drug-likeness (QED) is 0.655. The van der Waals surface area contributed by atoms with Crippen LogP contribution < -0.4 is 11.5 Å². The Morgan fingerprint density at radius 2 is 1.68 bits per heavy atom. The van der Waals surface area contributed by atoms with Crippen molar-refractivity contribution in [3.8, 4) is 0 Å². The van der Waals surface area contributed by atoms with E-state index in [1.165, 1.54) is 12.1 Å². The highest BCUT2D eigenvalue weighted by atomic mass is 16.4. The maximum Gasteiger partial charge on any atom is 0.335 e. The molecule has 0 aromatic heterocycles. The summed E-state index contributed by atoms with van der Waals surface area (Å²) in [5.41, 5.74) is 12.4. The Hall–Kier alpha value is -1.92. The molecule has 1 fully saturated rings. The van der Waals surface area contributed by atoms with Crippen molar-refractivity contribution in [2.24, 2.45) is 16.9 Å². The van der Waals surface area contributed by atoms with E-state index < -0.39 is 11.9 Å². The highest BCUT2D eigenvalue weighted by Crippen LogP contribution is 2.42. The van der Waals surface area contributed by atoms with E-state index in [0.29, 0.717) is 18.7 Å². The van der Waals surface area contributed by atoms with Gasteiger partial charge in [0.1, 0.15) is 0 Å². The second-order valence-corrected chi connectivity index (χ2v) is 6.09. The predicted molar refractivity (Wildman–Crippen MR) is 82.1 cm³/mol. The summed E-state index contributed by atoms with van der Waals surface area (Å²) in [6.07, 6.45) is 3.37. The summed E-state index contributed by atoms with van der Waals surface area (Å²) >= 11 is 0. The molecule has 1 saturated carbocycles. The number of carbonyl (C=O) groups is 2. The second kappa shape index (κ2) is 6.46. The molecular formula is C16H22N2O4. The van der Waals surface area contributed by atoms with E-state index in [4.69, 9.17) is 16.6 Å². The minimum atomic E-state index is -1.12. The molecule has 0 radical (unpaired) electrons. The molecule has 0 saturated heterocycles. The highest BCUT2D eigenvalue weighted by molar-refractivity contribution is 5.95. The molecule has 1 aromatic carbocycles. The fourth-order valence-corrected chi connectivity index (χ4v) is 3.26. The molecule has 120 valence electrons. The Balaban J connectivity index is 2.27. The summed E-state index contributed by atoms with van der Waals surface area (Å²) in [5.74, 6) is -2.10. The average Bonchev–Trinajstić information content (AvgIpc) is 2.54. The van der Waals surface area contributed by atoms with E-state index in [0.717, 1.165) is 25.7 Å². The van der Waals surface area contributed by atoms with Crippen LogP contribution in [-0.4, -0.2) is 35.2 Å². The Bertz CT molecular complexity index is 572. The van der Waals surface area contributed by atoms with Gasteiger partial charge in [-0.2, -0.15) is 0 Å². The summed E-state index contributed by atoms with van der Waals surface area (Å²) in [7, 11) is 0. The van der Waals surface area contributed by atoms with E-state index >= 15 is 0 Å². The van der Waals surface area contributed by atoms with E-state index in [1.54, 1.807) is 6.07 Å². The lowest BCUT2D eigenvalue weighted by Crippen LogP contribution is -2.40. The zero-order chi connectivity index (χ0) is 16.3. The van der Waals surface area contributed by atoms with Crippen LogP contribution in [-0.2, 0) is 0 Å². The van der Waals surface area contributed by atoms with Crippen molar-refractivity contribution < 1.29 is 19.8 Å². The third-order valence-electron chi connectivity index (χ3n) is 4.88. The number of rotatable bonds is 5. The van der Waals surface area contributed by atoms with E-state index in [9.17, 15) is 14.7 Å². The number of aromatic carboxylic acids is 2. The molecule has 6 N–H and O–H groups in total. The number of carboxylic acids is 2. The molecule has 6 heteroatoms. The molecule has 0 bridgehead atoms. The van der Waals surface area contributed by atoms with E-state index in [1.807, 2.05) is 0 Å². The third-order valence-corrected chi connectivity index (χ3v) is 4.88. The molecule has 6 nitrogen and oxygen atoms in total. The molecule has 1 aliphatic carbocycles. The fourth-order valence-electron chi connectivity index (χ4n) is 3.26. The SMILES string of the molecule is NCC1(CN)CCC(c2ccc(C(=O)O)cc2C(=O)O)CC1. The van der Waals surface area contributed by atoms with Crippen LogP contribution >= 0.6 is 0 Å². The molecule has 0 atom stereocenters. The summed E-state index contributed by atoms with van der Waals surface area (Å²) in [6.45, 7) is 1.08. The van der Waals surface area contributed by atoms with Crippen molar-refractivity contribution in [1.82, 2.24) is 0 Å². The highest BCUT2D eigenvalue weighted by Gasteiger charge is 2.34. The van der Waals surface area contributed by atoms with Crippen LogP contribution in [0.15, 0.2) is 18.2 Å². The third kappa shape index (κ3) is 3.13. The van der Waals surface area contributed by atoms with Crippen molar-refractivity contribution >= 4 is 11.9 Å². The van der Waals surface area contributed by atoms with Crippen LogP contribution in [0.1, 0.15) is 57.9 Å². The zero-order valence-electron chi connectivity index (χ0n) is 12.4. The number of benzene rings is 1. The topological polar surface area (TPSA) is 127 Å². The van der Waals surface area contributed by atoms with Gasteiger partial charge in [0, 0.05) is 0 Å². The Kier molecular flexibility index (Phi) is 4.83. The van der Waals surface area contributed by atoms with Crippen LogP contribution in [0.25, 0.3) is 0 Å². The minimum Gasteiger partial charge on any atom is -0.478 e. The van der Waals surface area contributed by atoms with Gasteiger partial charge in [0.05, 0.1) is 11.1 Å². The fraction of sp³-hybridized carbons (Fsp3) is 0.500. The summed E-state index contributed by atoms with van der Waals surface area (Å²) in [5, 5.41) is 18.4. The van der Waals surface area contributed by atoms with Crippen LogP contribution in [0, 0.1) is 5.41 Å². The minimum absolute atomic E-state index is 0.00442. The van der Waals surface area contributed by atoms with E-state index in [-0.39, 0.29) is 22.5 Å². The van der Waals surface area contributed by atoms with Gasteiger partial charge in [-0.25, -0.2) is 9.59 Å². The Morgan fingerprint density at radius 1 is 1.09 bits per heavy atom. The van der Waals surface area contributed by atoms with Gasteiger partial charge in [0.2, 0.25) is 0 Å². The molecule has 0 unspecified atom stereocenters. The van der Waals surface area contributed by atoms with Crippen LogP contribution in [0.5, 0.6) is 0 Å². The van der Waals surface area contributed by atoms with Gasteiger partial charge < -0.3 is 21.7 Å². The number of hydrogen-bond donors (Lipinski definition) is 4. The first kappa shape index (κ1) is 16.5. The lowest BCUT2D eigenvalue weighted by molar-refractivity contribution is 0.0694. The maximum absolute atomic E-state index is 11.4. The van der Waals surface area contributed by atoms with Gasteiger partial charge in [-0.3, -0.25) is 0 Å². The number of carboxylic acid groups (broad SMARTS) is 2. The zero-order valence-corrected chi connectivity index (χ0v) is 12.4. The predicted octanol–water partition coefficient (Wildman–Crippen LogP) is 1.64. The largest absolute Gasteiger partial charge is 0.478 e. The molecule has 22 heavy (non-hydrogen) atoms. The van der Waals surface area contributed by atoms with Gasteiger partial charge in [-0.1, -0.05) is 6.07 Å². The lowest BCUT2D eigenvalue weighted by atomic mass is 9.68. The smallest absolute Gasteiger partial charge is 0.335 e. The normalized spacial score (nSPS) is 18.1. The van der Waals surface area contributed by atoms with Crippen LogP contribution in [0.3, 0.4) is 0 Å². The molecule has 0 heterocycles. The van der Waals surface area contributed by atoms with Crippen molar-refractivity contribution in [1.29, 1.82) is 0 Å². The summed E-state index contributed by atoms with van der Waals surface area (Å²) < 4.78 is 0. The number of hydrogen-bond acceptors (Lipinski definition) is 4. The van der Waals surface area contributed by atoms with Crippen molar-refractivity contribution in [3.05, 3.63) is 34.9 Å². The van der Waals surface area contributed by atoms with Gasteiger partial charge in [-0.05, 0) is 67.8 Å². The lowest BCUT2D eigenvalue weighted by Gasteiger charge is -2.39. The molecular weight excluding hydrogens is 284 g/mol. The maximum atomic E-state index is 11.4. The van der Waals surface area contributed by atoms with Gasteiger partial charge in [0.25, 0.3) is 0 Å². The van der Waals surface area contributed by atoms with Crippen molar-refractivity contribution in [2.45, 2.75) is 31.6 Å². The monoisotopic (exact) mass is 306 g/mol. The standard InChI is InChI=1S/C16H22N2O4/c17-8-16(9-18)5-3-10(4-6-16)12-2-1-11(14(19)20)7-13(12)15(21)22/h1-2,7,10H,3-6,8-9,17-18H2,(H,19,20)(H,21,22). The molecule has 0 spiro atoms. The first-order chi connectivity index (χ1) is 10.4. The van der Waals surface area contributed by atoms with Crippen LogP contribution in [0.4, 0.5) is 0 Å². The molecule has 2 rings (SSSR count). The van der Waals surface area contributed by atoms with Crippen molar-refractivity contribution in [2.75, 3.05) is 13.1 Å². The van der Waals surface area contributed by atoms with E-state index in [2.05, 4.69) is 0 Å². The Labute approximate surface area is 129 Å². The second-order valence-electron chi connectivity index (χ2n) is 6.09. The average molecular weight is 306 g/mol. The van der Waals surface area contributed by atoms with Crippen molar-refractivity contribution in [3.63, 3.8) is 0 Å². The summed E-state index contributed by atoms with van der Waals surface area (Å²) in [4.78, 5) is 22.5. The molecule has 0 aliphatic heterocycles. The molecule has 0 amide bonds. The summed E-state index contributed by atoms with van der Waals surface area (Å²) in [6, 6.07) is 4.35. The first-order valence-corrected chi connectivity index (χ1v) is 7.43.